The summed E-state index contributed by atoms with van der Waals surface area (Å²) < 4.78 is 10.8. The monoisotopic (exact) mass is 325 g/mol. The van der Waals surface area contributed by atoms with Crippen molar-refractivity contribution in [1.82, 2.24) is 15.0 Å². The molecule has 4 rings (SSSR count). The molecule has 24 heavy (non-hydrogen) atoms. The van der Waals surface area contributed by atoms with Gasteiger partial charge in [-0.15, -0.1) is 0 Å². The van der Waals surface area contributed by atoms with Gasteiger partial charge in [0.25, 0.3) is 11.6 Å². The first kappa shape index (κ1) is 14.9. The van der Waals surface area contributed by atoms with Crippen molar-refractivity contribution in [3.8, 4) is 0 Å². The summed E-state index contributed by atoms with van der Waals surface area (Å²) in [6.07, 6.45) is 3.68. The number of pyridine rings is 1. The zero-order chi connectivity index (χ0) is 16.8. The molecule has 1 amide bonds. The van der Waals surface area contributed by atoms with Crippen LogP contribution in [-0.2, 0) is 0 Å². The van der Waals surface area contributed by atoms with E-state index in [1.165, 1.54) is 0 Å². The second-order valence-corrected chi connectivity index (χ2v) is 6.39. The van der Waals surface area contributed by atoms with E-state index in [9.17, 15) is 4.79 Å². The van der Waals surface area contributed by atoms with Gasteiger partial charge >= 0.3 is 0 Å². The zero-order valence-corrected chi connectivity index (χ0v) is 13.9. The molecule has 0 aromatic carbocycles. The van der Waals surface area contributed by atoms with Crippen LogP contribution in [0, 0.1) is 13.8 Å². The van der Waals surface area contributed by atoms with E-state index in [0.29, 0.717) is 22.4 Å². The van der Waals surface area contributed by atoms with Gasteiger partial charge in [0, 0.05) is 11.7 Å². The molecule has 0 bridgehead atoms. The molecule has 3 heterocycles. The molecular weight excluding hydrogens is 306 g/mol. The molecule has 3 aromatic rings. The van der Waals surface area contributed by atoms with E-state index in [-0.39, 0.29) is 18.0 Å². The van der Waals surface area contributed by atoms with Gasteiger partial charge in [-0.05, 0) is 51.8 Å². The first-order valence-corrected chi connectivity index (χ1v) is 8.16. The van der Waals surface area contributed by atoms with E-state index < -0.39 is 0 Å². The average molecular weight is 325 g/mol. The number of carbonyl (C=O) groups is 1. The van der Waals surface area contributed by atoms with Crippen LogP contribution in [0.4, 0.5) is 0 Å². The van der Waals surface area contributed by atoms with E-state index in [4.69, 9.17) is 8.94 Å². The number of fused-ring (bicyclic) bond motifs is 1. The first-order valence-electron chi connectivity index (χ1n) is 8.16. The smallest absolute Gasteiger partial charge is 0.258 e. The normalized spacial score (nSPS) is 15.6. The molecule has 124 valence electrons. The summed E-state index contributed by atoms with van der Waals surface area (Å²) in [5, 5.41) is 4.66. The minimum atomic E-state index is -0.122. The van der Waals surface area contributed by atoms with Crippen molar-refractivity contribution in [2.45, 2.75) is 45.7 Å². The van der Waals surface area contributed by atoms with Crippen molar-refractivity contribution in [2.75, 3.05) is 0 Å². The fourth-order valence-corrected chi connectivity index (χ4v) is 3.20. The number of furan rings is 1. The summed E-state index contributed by atoms with van der Waals surface area (Å²) in [5.74, 6) is 0.766. The Hall–Kier alpha value is -2.63. The third kappa shape index (κ3) is 2.38. The van der Waals surface area contributed by atoms with Gasteiger partial charge in [0.2, 0.25) is 0 Å². The van der Waals surface area contributed by atoms with E-state index in [2.05, 4.69) is 10.1 Å². The summed E-state index contributed by atoms with van der Waals surface area (Å²) in [7, 11) is 0. The third-order valence-electron chi connectivity index (χ3n) is 4.52. The molecule has 6 nitrogen and oxygen atoms in total. The molecule has 0 aliphatic heterocycles. The van der Waals surface area contributed by atoms with Crippen molar-refractivity contribution in [3.63, 3.8) is 0 Å². The molecular formula is C18H19N3O3. The van der Waals surface area contributed by atoms with Crippen molar-refractivity contribution < 1.29 is 13.7 Å². The van der Waals surface area contributed by atoms with Gasteiger partial charge in [-0.2, -0.15) is 0 Å². The number of hydrogen-bond acceptors (Lipinski definition) is 5. The highest BCUT2D eigenvalue weighted by molar-refractivity contribution is 6.06. The van der Waals surface area contributed by atoms with Gasteiger partial charge in [0.15, 0.2) is 0 Å². The van der Waals surface area contributed by atoms with Crippen LogP contribution >= 0.6 is 0 Å². The molecule has 1 unspecified atom stereocenters. The van der Waals surface area contributed by atoms with Crippen molar-refractivity contribution in [3.05, 3.63) is 47.2 Å². The van der Waals surface area contributed by atoms with Gasteiger partial charge in [-0.1, -0.05) is 5.16 Å². The largest absolute Gasteiger partial charge is 0.467 e. The summed E-state index contributed by atoms with van der Waals surface area (Å²) in [5.41, 5.74) is 2.43. The van der Waals surface area contributed by atoms with Gasteiger partial charge in [-0.3, -0.25) is 4.79 Å². The summed E-state index contributed by atoms with van der Waals surface area (Å²) in [6.45, 7) is 5.68. The predicted octanol–water partition coefficient (Wildman–Crippen LogP) is 3.80. The standard InChI is InChI=1S/C18H19N3O3/c1-10-9-14(16-11(2)20-24-17(16)19-10)18(22)21(13-6-7-13)12(3)15-5-4-8-23-15/h4-5,8-9,12-13H,6-7H2,1-3H3. The lowest BCUT2D eigenvalue weighted by Gasteiger charge is -2.28. The Balaban J connectivity index is 1.80. The molecule has 0 saturated heterocycles. The van der Waals surface area contributed by atoms with Crippen LogP contribution in [0.25, 0.3) is 11.1 Å². The maximum Gasteiger partial charge on any atom is 0.258 e. The Labute approximate surface area is 139 Å². The number of amides is 1. The highest BCUT2D eigenvalue weighted by atomic mass is 16.5. The molecule has 1 fully saturated rings. The maximum absolute atomic E-state index is 13.4. The number of aromatic nitrogens is 2. The molecule has 1 atom stereocenters. The number of hydrogen-bond donors (Lipinski definition) is 0. The Morgan fingerprint density at radius 2 is 2.17 bits per heavy atom. The van der Waals surface area contributed by atoms with Gasteiger partial charge < -0.3 is 13.8 Å². The Bertz CT molecular complexity index is 894. The van der Waals surface area contributed by atoms with E-state index >= 15 is 0 Å². The SMILES string of the molecule is Cc1cc(C(=O)N(C2CC2)C(C)c2ccco2)c2c(C)noc2n1. The maximum atomic E-state index is 13.4. The topological polar surface area (TPSA) is 72.4 Å². The fraction of sp³-hybridized carbons (Fsp3) is 0.389. The van der Waals surface area contributed by atoms with Gasteiger partial charge in [0.1, 0.15) is 5.76 Å². The minimum absolute atomic E-state index is 0.0248. The Morgan fingerprint density at radius 1 is 1.38 bits per heavy atom. The lowest BCUT2D eigenvalue weighted by atomic mass is 10.1. The second kappa shape index (κ2) is 5.47. The van der Waals surface area contributed by atoms with Crippen LogP contribution in [0.1, 0.15) is 53.3 Å². The Kier molecular flexibility index (Phi) is 3.40. The summed E-state index contributed by atoms with van der Waals surface area (Å²) in [6, 6.07) is 5.70. The zero-order valence-electron chi connectivity index (χ0n) is 13.9. The van der Waals surface area contributed by atoms with E-state index in [1.807, 2.05) is 43.9 Å². The molecule has 1 aliphatic carbocycles. The number of aryl methyl sites for hydroxylation is 2. The molecule has 1 aliphatic rings. The van der Waals surface area contributed by atoms with Crippen LogP contribution in [0.15, 0.2) is 33.4 Å². The molecule has 0 N–H and O–H groups in total. The number of carbonyl (C=O) groups excluding carboxylic acids is 1. The Morgan fingerprint density at radius 3 is 2.83 bits per heavy atom. The lowest BCUT2D eigenvalue weighted by molar-refractivity contribution is 0.0654. The summed E-state index contributed by atoms with van der Waals surface area (Å²) >= 11 is 0. The van der Waals surface area contributed by atoms with Crippen LogP contribution in [0.5, 0.6) is 0 Å². The number of rotatable bonds is 4. The quantitative estimate of drug-likeness (QED) is 0.729. The van der Waals surface area contributed by atoms with Gasteiger partial charge in [-0.25, -0.2) is 4.98 Å². The minimum Gasteiger partial charge on any atom is -0.467 e. The molecule has 6 heteroatoms. The second-order valence-electron chi connectivity index (χ2n) is 6.39. The predicted molar refractivity (Wildman–Crippen MR) is 87.6 cm³/mol. The van der Waals surface area contributed by atoms with Crippen LogP contribution < -0.4 is 0 Å². The molecule has 3 aromatic heterocycles. The van der Waals surface area contributed by atoms with Crippen molar-refractivity contribution in [1.29, 1.82) is 0 Å². The molecule has 0 spiro atoms. The van der Waals surface area contributed by atoms with Crippen LogP contribution in [-0.4, -0.2) is 27.0 Å². The fourth-order valence-electron chi connectivity index (χ4n) is 3.20. The third-order valence-corrected chi connectivity index (χ3v) is 4.52. The van der Waals surface area contributed by atoms with Crippen molar-refractivity contribution in [2.24, 2.45) is 0 Å². The van der Waals surface area contributed by atoms with Crippen molar-refractivity contribution >= 4 is 17.0 Å². The highest BCUT2D eigenvalue weighted by Gasteiger charge is 2.38. The molecule has 1 saturated carbocycles. The van der Waals surface area contributed by atoms with Crippen LogP contribution in [0.3, 0.4) is 0 Å². The highest BCUT2D eigenvalue weighted by Crippen LogP contribution is 2.37. The summed E-state index contributed by atoms with van der Waals surface area (Å²) in [4.78, 5) is 19.6. The van der Waals surface area contributed by atoms with Crippen LogP contribution in [0.2, 0.25) is 0 Å². The van der Waals surface area contributed by atoms with E-state index in [0.717, 1.165) is 24.3 Å². The molecule has 0 radical (unpaired) electrons. The number of nitrogens with zero attached hydrogens (tertiary/aromatic N) is 3. The first-order chi connectivity index (χ1) is 11.6. The lowest BCUT2D eigenvalue weighted by Crippen LogP contribution is -2.35. The van der Waals surface area contributed by atoms with E-state index in [1.54, 1.807) is 6.26 Å². The average Bonchev–Trinajstić information content (AvgIpc) is 3.09. The van der Waals surface area contributed by atoms with Gasteiger partial charge in [0.05, 0.1) is 28.9 Å².